The minimum Gasteiger partial charge on any atom is -0.508 e. The highest BCUT2D eigenvalue weighted by Crippen LogP contribution is 2.33. The van der Waals surface area contributed by atoms with Crippen molar-refractivity contribution in [2.75, 3.05) is 6.54 Å². The van der Waals surface area contributed by atoms with Crippen LogP contribution < -0.4 is 5.32 Å². The molecule has 0 aliphatic carbocycles. The zero-order chi connectivity index (χ0) is 18.2. The van der Waals surface area contributed by atoms with Crippen LogP contribution in [0.3, 0.4) is 0 Å². The Hall–Kier alpha value is -2.58. The number of nitrogens with one attached hydrogen (secondary N) is 1. The molecule has 0 aromatic heterocycles. The van der Waals surface area contributed by atoms with Gasteiger partial charge in [0.15, 0.2) is 0 Å². The van der Waals surface area contributed by atoms with Crippen molar-refractivity contribution < 1.29 is 5.11 Å². The highest BCUT2D eigenvalue weighted by molar-refractivity contribution is 5.41. The number of phenols is 1. The predicted octanol–water partition coefficient (Wildman–Crippen LogP) is 5.14. The Morgan fingerprint density at radius 1 is 0.808 bits per heavy atom. The van der Waals surface area contributed by atoms with Crippen LogP contribution in [0.2, 0.25) is 0 Å². The molecule has 0 bridgehead atoms. The largest absolute Gasteiger partial charge is 0.508 e. The molecule has 3 aromatic rings. The van der Waals surface area contributed by atoms with Crippen molar-refractivity contribution in [3.63, 3.8) is 0 Å². The third kappa shape index (κ3) is 4.96. The van der Waals surface area contributed by atoms with Crippen LogP contribution in [0.5, 0.6) is 5.75 Å². The van der Waals surface area contributed by atoms with Gasteiger partial charge in [0.25, 0.3) is 0 Å². The van der Waals surface area contributed by atoms with Crippen LogP contribution in [0.1, 0.15) is 36.0 Å². The van der Waals surface area contributed by atoms with E-state index in [4.69, 9.17) is 0 Å². The van der Waals surface area contributed by atoms with E-state index >= 15 is 0 Å². The summed E-state index contributed by atoms with van der Waals surface area (Å²) in [5.74, 6) is 0.563. The van der Waals surface area contributed by atoms with Gasteiger partial charge in [-0.15, -0.1) is 0 Å². The Morgan fingerprint density at radius 3 is 2.12 bits per heavy atom. The molecule has 0 saturated carbocycles. The summed E-state index contributed by atoms with van der Waals surface area (Å²) in [7, 11) is 0. The summed E-state index contributed by atoms with van der Waals surface area (Å²) in [4.78, 5) is 0. The van der Waals surface area contributed by atoms with Crippen molar-refractivity contribution in [2.45, 2.75) is 31.7 Å². The summed E-state index contributed by atoms with van der Waals surface area (Å²) < 4.78 is 0. The third-order valence-corrected chi connectivity index (χ3v) is 4.82. The maximum absolute atomic E-state index is 10.3. The lowest BCUT2D eigenvalue weighted by molar-refractivity contribution is 0.458. The molecule has 3 aromatic carbocycles. The summed E-state index contributed by atoms with van der Waals surface area (Å²) in [5.41, 5.74) is 3.59. The van der Waals surface area contributed by atoms with E-state index in [0.29, 0.717) is 11.8 Å². The van der Waals surface area contributed by atoms with Gasteiger partial charge in [-0.1, -0.05) is 78.9 Å². The Kier molecular flexibility index (Phi) is 6.45. The molecule has 26 heavy (non-hydrogen) atoms. The van der Waals surface area contributed by atoms with Gasteiger partial charge < -0.3 is 10.4 Å². The van der Waals surface area contributed by atoms with Crippen LogP contribution in [0.25, 0.3) is 0 Å². The number of phenolic OH excluding ortho intramolecular Hbond substituents is 1. The minimum atomic E-state index is 0.189. The fourth-order valence-corrected chi connectivity index (χ4v) is 3.48. The predicted molar refractivity (Wildman–Crippen MR) is 109 cm³/mol. The molecule has 0 radical (unpaired) electrons. The Labute approximate surface area is 156 Å². The van der Waals surface area contributed by atoms with Gasteiger partial charge in [0.05, 0.1) is 0 Å². The summed E-state index contributed by atoms with van der Waals surface area (Å²) in [6.45, 7) is 3.13. The van der Waals surface area contributed by atoms with Gasteiger partial charge in [0.1, 0.15) is 5.75 Å². The molecular formula is C24H27NO. The van der Waals surface area contributed by atoms with Crippen molar-refractivity contribution in [3.8, 4) is 5.75 Å². The fourth-order valence-electron chi connectivity index (χ4n) is 3.48. The molecule has 0 aliphatic rings. The van der Waals surface area contributed by atoms with Crippen molar-refractivity contribution in [1.82, 2.24) is 5.32 Å². The molecule has 3 rings (SSSR count). The van der Waals surface area contributed by atoms with E-state index in [9.17, 15) is 5.11 Å². The Bertz CT molecular complexity index is 786. The number of para-hydroxylation sites is 1. The molecule has 2 nitrogen and oxygen atoms in total. The van der Waals surface area contributed by atoms with Crippen LogP contribution in [0.4, 0.5) is 0 Å². The first-order valence-electron chi connectivity index (χ1n) is 9.34. The first kappa shape index (κ1) is 18.2. The van der Waals surface area contributed by atoms with Crippen molar-refractivity contribution in [2.24, 2.45) is 0 Å². The third-order valence-electron chi connectivity index (χ3n) is 4.82. The lowest BCUT2D eigenvalue weighted by Crippen LogP contribution is -2.30. The minimum absolute atomic E-state index is 0.189. The van der Waals surface area contributed by atoms with Gasteiger partial charge >= 0.3 is 0 Å². The molecule has 2 atom stereocenters. The topological polar surface area (TPSA) is 32.3 Å². The number of rotatable bonds is 8. The molecule has 0 aliphatic heterocycles. The second-order valence-electron chi connectivity index (χ2n) is 6.86. The van der Waals surface area contributed by atoms with Gasteiger partial charge in [0.2, 0.25) is 0 Å². The van der Waals surface area contributed by atoms with Gasteiger partial charge in [-0.2, -0.15) is 0 Å². The molecule has 0 spiro atoms. The van der Waals surface area contributed by atoms with E-state index in [1.807, 2.05) is 24.3 Å². The summed E-state index contributed by atoms with van der Waals surface area (Å²) in [5, 5.41) is 14.0. The molecule has 0 fully saturated rings. The zero-order valence-corrected chi connectivity index (χ0v) is 15.3. The van der Waals surface area contributed by atoms with Gasteiger partial charge in [-0.25, -0.2) is 0 Å². The van der Waals surface area contributed by atoms with Crippen molar-refractivity contribution in [3.05, 3.63) is 102 Å². The van der Waals surface area contributed by atoms with Crippen molar-refractivity contribution in [1.29, 1.82) is 0 Å². The van der Waals surface area contributed by atoms with E-state index in [1.54, 1.807) is 6.07 Å². The molecular weight excluding hydrogens is 318 g/mol. The molecule has 2 heteroatoms. The number of hydrogen-bond acceptors (Lipinski definition) is 2. The average Bonchev–Trinajstić information content (AvgIpc) is 2.68. The van der Waals surface area contributed by atoms with E-state index in [-0.39, 0.29) is 5.92 Å². The molecule has 134 valence electrons. The highest BCUT2D eigenvalue weighted by atomic mass is 16.3. The lowest BCUT2D eigenvalue weighted by atomic mass is 9.88. The fraction of sp³-hybridized carbons (Fsp3) is 0.250. The first-order valence-corrected chi connectivity index (χ1v) is 9.34. The van der Waals surface area contributed by atoms with Gasteiger partial charge in [-0.3, -0.25) is 0 Å². The normalized spacial score (nSPS) is 13.3. The van der Waals surface area contributed by atoms with E-state index in [2.05, 4.69) is 66.8 Å². The van der Waals surface area contributed by atoms with Crippen molar-refractivity contribution >= 4 is 0 Å². The van der Waals surface area contributed by atoms with Crippen LogP contribution in [-0.4, -0.2) is 17.7 Å². The second kappa shape index (κ2) is 9.21. The van der Waals surface area contributed by atoms with Crippen LogP contribution in [-0.2, 0) is 6.42 Å². The van der Waals surface area contributed by atoms with E-state index in [1.165, 1.54) is 11.1 Å². The maximum Gasteiger partial charge on any atom is 0.119 e. The number of hydrogen-bond donors (Lipinski definition) is 2. The SMILES string of the molecule is CC(Cc1ccccc1)NCCC(c1ccccc1)c1ccccc1O. The Balaban J connectivity index is 1.64. The van der Waals surface area contributed by atoms with Crippen LogP contribution in [0, 0.1) is 0 Å². The standard InChI is InChI=1S/C24H27NO/c1-19(18-20-10-4-2-5-11-20)25-17-16-22(21-12-6-3-7-13-21)23-14-8-9-15-24(23)26/h2-15,19,22,25-26H,16-18H2,1H3. The molecule has 0 heterocycles. The number of aromatic hydroxyl groups is 1. The quantitative estimate of drug-likeness (QED) is 0.593. The average molecular weight is 345 g/mol. The van der Waals surface area contributed by atoms with Gasteiger partial charge in [0, 0.05) is 17.5 Å². The zero-order valence-electron chi connectivity index (χ0n) is 15.3. The maximum atomic E-state index is 10.3. The smallest absolute Gasteiger partial charge is 0.119 e. The summed E-state index contributed by atoms with van der Waals surface area (Å²) in [6.07, 6.45) is 1.97. The molecule has 2 N–H and O–H groups in total. The van der Waals surface area contributed by atoms with Crippen LogP contribution in [0.15, 0.2) is 84.9 Å². The molecule has 0 saturated heterocycles. The molecule has 0 amide bonds. The lowest BCUT2D eigenvalue weighted by Gasteiger charge is -2.21. The second-order valence-corrected chi connectivity index (χ2v) is 6.86. The first-order chi connectivity index (χ1) is 12.7. The highest BCUT2D eigenvalue weighted by Gasteiger charge is 2.17. The Morgan fingerprint density at radius 2 is 1.42 bits per heavy atom. The monoisotopic (exact) mass is 345 g/mol. The van der Waals surface area contributed by atoms with Crippen LogP contribution >= 0.6 is 0 Å². The van der Waals surface area contributed by atoms with E-state index in [0.717, 1.165) is 24.9 Å². The molecule has 2 unspecified atom stereocenters. The summed E-state index contributed by atoms with van der Waals surface area (Å²) in [6, 6.07) is 29.1. The van der Waals surface area contributed by atoms with Gasteiger partial charge in [-0.05, 0) is 43.5 Å². The summed E-state index contributed by atoms with van der Waals surface area (Å²) >= 11 is 0. The number of benzene rings is 3. The van der Waals surface area contributed by atoms with E-state index < -0.39 is 0 Å².